The molecule has 3 aromatic carbocycles. The summed E-state index contributed by atoms with van der Waals surface area (Å²) in [6, 6.07) is 26.6. The molecule has 0 radical (unpaired) electrons. The van der Waals surface area contributed by atoms with Crippen molar-refractivity contribution in [1.82, 2.24) is 4.98 Å². The van der Waals surface area contributed by atoms with Crippen LogP contribution >= 0.6 is 0 Å². The van der Waals surface area contributed by atoms with E-state index in [1.54, 1.807) is 66.7 Å². The topological polar surface area (TPSA) is 134 Å². The van der Waals surface area contributed by atoms with Crippen LogP contribution in [0.1, 0.15) is 32.6 Å². The van der Waals surface area contributed by atoms with E-state index in [2.05, 4.69) is 22.4 Å². The molecule has 1 heterocycles. The molecule has 8 heteroatoms. The minimum Gasteiger partial charge on any atom is -0.489 e. The van der Waals surface area contributed by atoms with Gasteiger partial charge in [0.15, 0.2) is 0 Å². The third-order valence-corrected chi connectivity index (χ3v) is 5.23. The van der Waals surface area contributed by atoms with Gasteiger partial charge in [-0.2, -0.15) is 10.5 Å². The minimum atomic E-state index is -0.419. The Morgan fingerprint density at radius 3 is 1.89 bits per heavy atom. The number of amides is 1. The van der Waals surface area contributed by atoms with Crippen molar-refractivity contribution in [3.8, 4) is 23.6 Å². The van der Waals surface area contributed by atoms with E-state index in [-0.39, 0.29) is 18.8 Å². The Morgan fingerprint density at radius 2 is 1.39 bits per heavy atom. The summed E-state index contributed by atoms with van der Waals surface area (Å²) in [6.45, 7) is 0.260. The van der Waals surface area contributed by atoms with Gasteiger partial charge in [-0.05, 0) is 36.4 Å². The smallest absolute Gasteiger partial charge is 0.257 e. The van der Waals surface area contributed by atoms with Crippen LogP contribution in [0.15, 0.2) is 85.1 Å². The van der Waals surface area contributed by atoms with Crippen LogP contribution in [0.2, 0.25) is 0 Å². The number of benzene rings is 3. The molecular weight excluding hydrogens is 454 g/mol. The molecule has 8 nitrogen and oxygen atoms in total. The van der Waals surface area contributed by atoms with Crippen LogP contribution in [0.4, 0.5) is 11.5 Å². The average Bonchev–Trinajstić information content (AvgIpc) is 2.92. The number of pyridine rings is 1. The lowest BCUT2D eigenvalue weighted by atomic mass is 10.1. The number of carbonyl (C=O) groups is 1. The van der Waals surface area contributed by atoms with Crippen LogP contribution in [0.5, 0.6) is 11.5 Å². The van der Waals surface area contributed by atoms with E-state index in [0.29, 0.717) is 45.3 Å². The largest absolute Gasteiger partial charge is 0.489 e. The number of rotatable bonds is 8. The summed E-state index contributed by atoms with van der Waals surface area (Å²) in [5.74, 6) is 0.680. The van der Waals surface area contributed by atoms with E-state index in [1.807, 2.05) is 12.1 Å². The zero-order chi connectivity index (χ0) is 25.3. The number of hydrogen-bond acceptors (Lipinski definition) is 7. The van der Waals surface area contributed by atoms with E-state index in [4.69, 9.17) is 15.2 Å². The lowest BCUT2D eigenvalue weighted by molar-refractivity contribution is 0.102. The van der Waals surface area contributed by atoms with Crippen LogP contribution < -0.4 is 20.5 Å². The van der Waals surface area contributed by atoms with Crippen molar-refractivity contribution in [2.45, 2.75) is 13.2 Å². The first-order valence-electron chi connectivity index (χ1n) is 11.0. The summed E-state index contributed by atoms with van der Waals surface area (Å²) in [6.07, 6.45) is 1.45. The molecule has 3 N–H and O–H groups in total. The Morgan fingerprint density at radius 1 is 0.833 bits per heavy atom. The molecule has 1 aromatic heterocycles. The Kier molecular flexibility index (Phi) is 7.40. The Hall–Kier alpha value is -5.34. The molecule has 0 fully saturated rings. The molecule has 0 spiro atoms. The molecule has 0 saturated carbocycles. The first-order valence-corrected chi connectivity index (χ1v) is 11.0. The molecule has 4 aromatic rings. The van der Waals surface area contributed by atoms with Crippen LogP contribution in [0, 0.1) is 22.7 Å². The standard InChI is InChI=1S/C28H21N5O3/c29-14-19-5-1-3-7-21(19)17-35-25-11-23(28(34)33-27-10-9-24(31)16-32-27)12-26(13-25)36-18-22-8-4-2-6-20(22)15-30/h1-13,16H,17-18,31H2,(H,32,33,34). The van der Waals surface area contributed by atoms with Crippen LogP contribution in [-0.2, 0) is 13.2 Å². The molecule has 0 aliphatic rings. The number of nitrogens with two attached hydrogens (primary N) is 1. The van der Waals surface area contributed by atoms with Gasteiger partial charge in [0, 0.05) is 22.8 Å². The van der Waals surface area contributed by atoms with Crippen LogP contribution in [0.25, 0.3) is 0 Å². The van der Waals surface area contributed by atoms with Gasteiger partial charge in [0.25, 0.3) is 5.91 Å². The summed E-state index contributed by atoms with van der Waals surface area (Å²) in [5, 5.41) is 21.4. The maximum absolute atomic E-state index is 13.0. The molecule has 0 bridgehead atoms. The third-order valence-electron chi connectivity index (χ3n) is 5.23. The van der Waals surface area contributed by atoms with Crippen molar-refractivity contribution in [3.63, 3.8) is 0 Å². The van der Waals surface area contributed by atoms with Gasteiger partial charge >= 0.3 is 0 Å². The molecular formula is C28H21N5O3. The molecule has 0 aliphatic heterocycles. The number of nitriles is 2. The predicted molar refractivity (Wildman–Crippen MR) is 134 cm³/mol. The highest BCUT2D eigenvalue weighted by atomic mass is 16.5. The first kappa shape index (κ1) is 23.8. The van der Waals surface area contributed by atoms with Crippen molar-refractivity contribution in [2.75, 3.05) is 11.1 Å². The fourth-order valence-electron chi connectivity index (χ4n) is 3.37. The Balaban J connectivity index is 1.59. The van der Waals surface area contributed by atoms with E-state index in [9.17, 15) is 15.3 Å². The zero-order valence-corrected chi connectivity index (χ0v) is 19.1. The monoisotopic (exact) mass is 475 g/mol. The molecule has 0 saturated heterocycles. The fourth-order valence-corrected chi connectivity index (χ4v) is 3.37. The second-order valence-electron chi connectivity index (χ2n) is 7.74. The summed E-state index contributed by atoms with van der Waals surface area (Å²) >= 11 is 0. The molecule has 0 atom stereocenters. The number of nitrogens with zero attached hydrogens (tertiary/aromatic N) is 3. The molecule has 176 valence electrons. The number of carbonyl (C=O) groups excluding carboxylic acids is 1. The number of nitrogen functional groups attached to an aromatic ring is 1. The maximum Gasteiger partial charge on any atom is 0.257 e. The van der Waals surface area contributed by atoms with Crippen molar-refractivity contribution in [1.29, 1.82) is 10.5 Å². The van der Waals surface area contributed by atoms with Crippen molar-refractivity contribution >= 4 is 17.4 Å². The van der Waals surface area contributed by atoms with E-state index >= 15 is 0 Å². The van der Waals surface area contributed by atoms with Crippen LogP contribution in [-0.4, -0.2) is 10.9 Å². The van der Waals surface area contributed by atoms with Crippen LogP contribution in [0.3, 0.4) is 0 Å². The highest BCUT2D eigenvalue weighted by Gasteiger charge is 2.13. The van der Waals surface area contributed by atoms with Gasteiger partial charge in [-0.1, -0.05) is 36.4 Å². The minimum absolute atomic E-state index is 0.130. The SMILES string of the molecule is N#Cc1ccccc1COc1cc(OCc2ccccc2C#N)cc(C(=O)Nc2ccc(N)cn2)c1. The van der Waals surface area contributed by atoms with E-state index in [0.717, 1.165) is 0 Å². The second-order valence-corrected chi connectivity index (χ2v) is 7.74. The molecule has 4 rings (SSSR count). The number of ether oxygens (including phenoxy) is 2. The highest BCUT2D eigenvalue weighted by molar-refractivity contribution is 6.04. The van der Waals surface area contributed by atoms with Gasteiger partial charge in [-0.3, -0.25) is 4.79 Å². The van der Waals surface area contributed by atoms with Gasteiger partial charge in [0.05, 0.1) is 35.1 Å². The summed E-state index contributed by atoms with van der Waals surface area (Å²) in [4.78, 5) is 17.1. The van der Waals surface area contributed by atoms with Gasteiger partial charge in [0.1, 0.15) is 30.5 Å². The number of hydrogen-bond donors (Lipinski definition) is 2. The number of anilines is 2. The lowest BCUT2D eigenvalue weighted by Gasteiger charge is -2.13. The quantitative estimate of drug-likeness (QED) is 0.373. The molecule has 1 amide bonds. The van der Waals surface area contributed by atoms with Gasteiger partial charge in [-0.15, -0.1) is 0 Å². The Bertz CT molecular complexity index is 1390. The Labute approximate surface area is 208 Å². The average molecular weight is 476 g/mol. The van der Waals surface area contributed by atoms with E-state index in [1.165, 1.54) is 6.20 Å². The number of aromatic nitrogens is 1. The molecule has 0 aliphatic carbocycles. The zero-order valence-electron chi connectivity index (χ0n) is 19.1. The summed E-state index contributed by atoms with van der Waals surface area (Å²) in [7, 11) is 0. The van der Waals surface area contributed by atoms with Crippen molar-refractivity contribution < 1.29 is 14.3 Å². The predicted octanol–water partition coefficient (Wildman–Crippen LogP) is 4.82. The molecule has 36 heavy (non-hydrogen) atoms. The number of nitrogens with one attached hydrogen (secondary N) is 1. The highest BCUT2D eigenvalue weighted by Crippen LogP contribution is 2.26. The van der Waals surface area contributed by atoms with Gasteiger partial charge in [-0.25, -0.2) is 4.98 Å². The van der Waals surface area contributed by atoms with Gasteiger partial charge < -0.3 is 20.5 Å². The summed E-state index contributed by atoms with van der Waals surface area (Å²) in [5.41, 5.74) is 8.86. The fraction of sp³-hybridized carbons (Fsp3) is 0.0714. The van der Waals surface area contributed by atoms with Crippen molar-refractivity contribution in [2.24, 2.45) is 0 Å². The van der Waals surface area contributed by atoms with Crippen molar-refractivity contribution in [3.05, 3.63) is 113 Å². The van der Waals surface area contributed by atoms with E-state index < -0.39 is 5.91 Å². The second kappa shape index (κ2) is 11.2. The summed E-state index contributed by atoms with van der Waals surface area (Å²) < 4.78 is 11.9. The van der Waals surface area contributed by atoms with Gasteiger partial charge in [0.2, 0.25) is 0 Å². The third kappa shape index (κ3) is 5.96. The molecule has 0 unspecified atom stereocenters. The normalized spacial score (nSPS) is 10.1. The first-order chi connectivity index (χ1) is 17.6. The lowest BCUT2D eigenvalue weighted by Crippen LogP contribution is -2.13. The maximum atomic E-state index is 13.0.